The van der Waals surface area contributed by atoms with E-state index in [4.69, 9.17) is 4.74 Å². The van der Waals surface area contributed by atoms with E-state index in [2.05, 4.69) is 130 Å². The Balaban J connectivity index is 1.47. The summed E-state index contributed by atoms with van der Waals surface area (Å²) >= 11 is 0. The molecule has 0 aliphatic carbocycles. The summed E-state index contributed by atoms with van der Waals surface area (Å²) in [4.78, 5) is 4.85. The van der Waals surface area contributed by atoms with Gasteiger partial charge in [0.2, 0.25) is 0 Å². The highest BCUT2D eigenvalue weighted by atomic mass is 16.5. The van der Waals surface area contributed by atoms with Gasteiger partial charge in [-0.3, -0.25) is 0 Å². The van der Waals surface area contributed by atoms with Crippen molar-refractivity contribution in [2.75, 3.05) is 9.80 Å². The maximum absolute atomic E-state index is 6.42. The van der Waals surface area contributed by atoms with E-state index < -0.39 is 0 Å². The number of rotatable bonds is 3. The van der Waals surface area contributed by atoms with Crippen molar-refractivity contribution in [3.05, 3.63) is 96.1 Å². The smallest absolute Gasteiger partial charge is 0.151 e. The fraction of sp³-hybridized carbons (Fsp3) is 0.273. The van der Waals surface area contributed by atoms with Crippen molar-refractivity contribution >= 4 is 22.7 Å². The van der Waals surface area contributed by atoms with Crippen molar-refractivity contribution in [2.45, 2.75) is 59.0 Å². The summed E-state index contributed by atoms with van der Waals surface area (Å²) in [6.07, 6.45) is 0. The molecule has 182 valence electrons. The molecule has 0 N–H and O–H groups in total. The first-order valence-corrected chi connectivity index (χ1v) is 13.0. The number of hydrogen-bond donors (Lipinski definition) is 0. The summed E-state index contributed by atoms with van der Waals surface area (Å²) < 4.78 is 6.42. The van der Waals surface area contributed by atoms with Crippen LogP contribution < -0.4 is 14.5 Å². The van der Waals surface area contributed by atoms with Crippen LogP contribution in [0.3, 0.4) is 0 Å². The first-order chi connectivity index (χ1) is 17.3. The molecule has 0 saturated carbocycles. The SMILES string of the molecule is CC(C)N1c2ccccc2Oc2cc(-c3ccc4c(c3)C(C)(C)c3ccccc3N4C(C)C)ccc21. The van der Waals surface area contributed by atoms with E-state index in [-0.39, 0.29) is 5.41 Å². The molecule has 0 radical (unpaired) electrons. The van der Waals surface area contributed by atoms with E-state index in [0.717, 1.165) is 22.9 Å². The van der Waals surface area contributed by atoms with Gasteiger partial charge >= 0.3 is 0 Å². The third-order valence-corrected chi connectivity index (χ3v) is 7.70. The zero-order chi connectivity index (χ0) is 25.2. The number of fused-ring (bicyclic) bond motifs is 4. The summed E-state index contributed by atoms with van der Waals surface area (Å²) in [7, 11) is 0. The molecule has 0 atom stereocenters. The Labute approximate surface area is 215 Å². The monoisotopic (exact) mass is 474 g/mol. The summed E-state index contributed by atoms with van der Waals surface area (Å²) in [6.45, 7) is 13.7. The van der Waals surface area contributed by atoms with Gasteiger partial charge in [0.05, 0.1) is 11.4 Å². The second kappa shape index (κ2) is 8.16. The van der Waals surface area contributed by atoms with Gasteiger partial charge in [-0.1, -0.05) is 56.3 Å². The van der Waals surface area contributed by atoms with Gasteiger partial charge in [0.25, 0.3) is 0 Å². The average molecular weight is 475 g/mol. The van der Waals surface area contributed by atoms with Gasteiger partial charge < -0.3 is 14.5 Å². The lowest BCUT2D eigenvalue weighted by molar-refractivity contribution is 0.469. The van der Waals surface area contributed by atoms with Crippen LogP contribution in [0, 0.1) is 0 Å². The molecule has 0 fully saturated rings. The van der Waals surface area contributed by atoms with Gasteiger partial charge in [-0.2, -0.15) is 0 Å². The number of para-hydroxylation sites is 3. The van der Waals surface area contributed by atoms with Gasteiger partial charge in [0, 0.05) is 28.9 Å². The van der Waals surface area contributed by atoms with Crippen LogP contribution in [0.15, 0.2) is 84.9 Å². The minimum atomic E-state index is -0.0918. The van der Waals surface area contributed by atoms with E-state index in [1.54, 1.807) is 0 Å². The van der Waals surface area contributed by atoms with Gasteiger partial charge in [-0.15, -0.1) is 0 Å². The molecule has 0 aromatic heterocycles. The van der Waals surface area contributed by atoms with Crippen molar-refractivity contribution in [2.24, 2.45) is 0 Å². The van der Waals surface area contributed by atoms with Crippen molar-refractivity contribution < 1.29 is 4.74 Å². The number of ether oxygens (including phenoxy) is 1. The molecule has 2 heterocycles. The lowest BCUT2D eigenvalue weighted by Crippen LogP contribution is -2.36. The molecule has 0 amide bonds. The molecule has 3 heteroatoms. The molecule has 4 aromatic carbocycles. The molecule has 0 bridgehead atoms. The van der Waals surface area contributed by atoms with Gasteiger partial charge in [-0.05, 0) is 92.4 Å². The molecule has 0 unspecified atom stereocenters. The molecule has 3 nitrogen and oxygen atoms in total. The maximum Gasteiger partial charge on any atom is 0.151 e. The van der Waals surface area contributed by atoms with Crippen LogP contribution in [0.25, 0.3) is 11.1 Å². The van der Waals surface area contributed by atoms with Gasteiger partial charge in [-0.25, -0.2) is 0 Å². The van der Waals surface area contributed by atoms with Gasteiger partial charge in [0.1, 0.15) is 0 Å². The van der Waals surface area contributed by atoms with Crippen molar-refractivity contribution in [3.63, 3.8) is 0 Å². The lowest BCUT2D eigenvalue weighted by Gasteiger charge is -2.44. The van der Waals surface area contributed by atoms with Crippen LogP contribution in [0.2, 0.25) is 0 Å². The van der Waals surface area contributed by atoms with Crippen LogP contribution in [0.5, 0.6) is 11.5 Å². The Hall–Kier alpha value is -3.72. The predicted octanol–water partition coefficient (Wildman–Crippen LogP) is 9.19. The van der Waals surface area contributed by atoms with E-state index in [1.807, 2.05) is 6.07 Å². The van der Waals surface area contributed by atoms with E-state index >= 15 is 0 Å². The summed E-state index contributed by atoms with van der Waals surface area (Å²) in [5, 5.41) is 0. The quantitative estimate of drug-likeness (QED) is 0.294. The number of benzene rings is 4. The lowest BCUT2D eigenvalue weighted by atomic mass is 9.72. The maximum atomic E-state index is 6.42. The van der Waals surface area contributed by atoms with Crippen molar-refractivity contribution in [1.29, 1.82) is 0 Å². The Kier molecular flexibility index (Phi) is 5.15. The average Bonchev–Trinajstić information content (AvgIpc) is 2.86. The third kappa shape index (κ3) is 3.33. The Bertz CT molecular complexity index is 1470. The summed E-state index contributed by atoms with van der Waals surface area (Å²) in [5.41, 5.74) is 9.88. The number of hydrogen-bond acceptors (Lipinski definition) is 3. The van der Waals surface area contributed by atoms with E-state index in [0.29, 0.717) is 12.1 Å². The Morgan fingerprint density at radius 3 is 1.81 bits per heavy atom. The van der Waals surface area contributed by atoms with E-state index in [1.165, 1.54) is 33.6 Å². The second-order valence-corrected chi connectivity index (χ2v) is 11.1. The minimum absolute atomic E-state index is 0.0918. The number of nitrogens with zero attached hydrogens (tertiary/aromatic N) is 2. The second-order valence-electron chi connectivity index (χ2n) is 11.1. The molecule has 4 aromatic rings. The molecule has 0 spiro atoms. The van der Waals surface area contributed by atoms with Crippen LogP contribution in [0.1, 0.15) is 52.7 Å². The van der Waals surface area contributed by atoms with Crippen LogP contribution in [0.4, 0.5) is 22.7 Å². The minimum Gasteiger partial charge on any atom is -0.453 e. The number of anilines is 4. The van der Waals surface area contributed by atoms with Crippen molar-refractivity contribution in [1.82, 2.24) is 0 Å². The molecular formula is C33H34N2O. The third-order valence-electron chi connectivity index (χ3n) is 7.70. The molecule has 0 saturated heterocycles. The largest absolute Gasteiger partial charge is 0.453 e. The Morgan fingerprint density at radius 2 is 1.08 bits per heavy atom. The molecular weight excluding hydrogens is 440 g/mol. The normalized spacial score (nSPS) is 15.2. The van der Waals surface area contributed by atoms with Crippen LogP contribution in [-0.4, -0.2) is 12.1 Å². The highest BCUT2D eigenvalue weighted by molar-refractivity contribution is 5.84. The Morgan fingerprint density at radius 1 is 0.556 bits per heavy atom. The van der Waals surface area contributed by atoms with Crippen LogP contribution in [-0.2, 0) is 5.41 Å². The van der Waals surface area contributed by atoms with Gasteiger partial charge in [0.15, 0.2) is 11.5 Å². The molecule has 36 heavy (non-hydrogen) atoms. The molecule has 6 rings (SSSR count). The highest BCUT2D eigenvalue weighted by Gasteiger charge is 2.37. The van der Waals surface area contributed by atoms with Crippen LogP contribution >= 0.6 is 0 Å². The van der Waals surface area contributed by atoms with E-state index in [9.17, 15) is 0 Å². The fourth-order valence-electron chi connectivity index (χ4n) is 5.99. The molecule has 2 aliphatic rings. The standard InChI is InChI=1S/C33H34N2O/c1-21(2)34-27-12-8-7-11-25(27)33(5,6)26-19-23(15-17-28(26)34)24-16-18-30-32(20-24)36-31-14-10-9-13-29(31)35(30)22(3)4/h7-22H,1-6H3. The first-order valence-electron chi connectivity index (χ1n) is 13.0. The fourth-order valence-corrected chi connectivity index (χ4v) is 5.99. The zero-order valence-electron chi connectivity index (χ0n) is 22.0. The van der Waals surface area contributed by atoms with Crippen molar-refractivity contribution in [3.8, 4) is 22.6 Å². The summed E-state index contributed by atoms with van der Waals surface area (Å²) in [6, 6.07) is 31.4. The topological polar surface area (TPSA) is 15.7 Å². The zero-order valence-corrected chi connectivity index (χ0v) is 22.0. The first kappa shape index (κ1) is 22.7. The summed E-state index contributed by atoms with van der Waals surface area (Å²) in [5.74, 6) is 1.82. The highest BCUT2D eigenvalue weighted by Crippen LogP contribution is 2.52. The predicted molar refractivity (Wildman–Crippen MR) is 152 cm³/mol. The molecule has 2 aliphatic heterocycles.